The molecule has 0 unspecified atom stereocenters. The second-order valence-corrected chi connectivity index (χ2v) is 10.0. The Bertz CT molecular complexity index is 1340. The van der Waals surface area contributed by atoms with Crippen molar-refractivity contribution in [2.75, 3.05) is 18.0 Å². The number of carbonyl (C=O) groups is 1. The maximum Gasteiger partial charge on any atom is 0.267 e. The molecule has 1 aromatic carbocycles. The lowest BCUT2D eigenvalue weighted by Gasteiger charge is -2.23. The molecule has 0 bridgehead atoms. The van der Waals surface area contributed by atoms with E-state index in [9.17, 15) is 9.59 Å². The first kappa shape index (κ1) is 21.9. The minimum Gasteiger partial charge on any atom is -0.356 e. The number of thioether (sulfide) groups is 1. The molecule has 2 aliphatic heterocycles. The van der Waals surface area contributed by atoms with Gasteiger partial charge >= 0.3 is 0 Å². The van der Waals surface area contributed by atoms with Gasteiger partial charge in [0.05, 0.1) is 16.5 Å². The molecule has 1 amide bonds. The van der Waals surface area contributed by atoms with Crippen molar-refractivity contribution in [1.29, 1.82) is 0 Å². The number of aromatic nitrogens is 2. The molecular formula is C25H24N4O2S2. The number of thiocarbonyl (C=S) groups is 1. The highest BCUT2D eigenvalue weighted by molar-refractivity contribution is 8.26. The van der Waals surface area contributed by atoms with Crippen LogP contribution in [0.15, 0.2) is 58.4 Å². The highest BCUT2D eigenvalue weighted by Crippen LogP contribution is 2.38. The van der Waals surface area contributed by atoms with Gasteiger partial charge in [-0.3, -0.25) is 18.9 Å². The minimum absolute atomic E-state index is 0.174. The number of anilines is 1. The summed E-state index contributed by atoms with van der Waals surface area (Å²) in [5.74, 6) is 0.468. The van der Waals surface area contributed by atoms with Crippen molar-refractivity contribution in [2.24, 2.45) is 0 Å². The summed E-state index contributed by atoms with van der Waals surface area (Å²) in [4.78, 5) is 36.1. The summed E-state index contributed by atoms with van der Waals surface area (Å²) < 4.78 is 2.06. The Morgan fingerprint density at radius 2 is 1.82 bits per heavy atom. The van der Waals surface area contributed by atoms with Gasteiger partial charge < -0.3 is 4.90 Å². The SMILES string of the molecule is Cc1cccn2c(=O)c(/C=C3\SC(=S)N([C@H](C)c4ccccc4)C3=O)c(N3CCCC3)nc12. The van der Waals surface area contributed by atoms with E-state index in [4.69, 9.17) is 17.2 Å². The molecule has 2 aliphatic rings. The molecule has 3 aromatic rings. The molecule has 8 heteroatoms. The molecular weight excluding hydrogens is 452 g/mol. The van der Waals surface area contributed by atoms with Crippen molar-refractivity contribution < 1.29 is 4.79 Å². The Morgan fingerprint density at radius 1 is 1.09 bits per heavy atom. The van der Waals surface area contributed by atoms with Crippen LogP contribution >= 0.6 is 24.0 Å². The molecule has 33 heavy (non-hydrogen) atoms. The number of aryl methyl sites for hydroxylation is 1. The Labute approximate surface area is 201 Å². The number of rotatable bonds is 4. The molecule has 0 aliphatic carbocycles. The third kappa shape index (κ3) is 3.87. The molecule has 5 rings (SSSR count). The average molecular weight is 477 g/mol. The van der Waals surface area contributed by atoms with Crippen molar-refractivity contribution in [1.82, 2.24) is 14.3 Å². The van der Waals surface area contributed by atoms with E-state index in [0.29, 0.717) is 26.3 Å². The third-order valence-corrected chi connectivity index (χ3v) is 7.57. The van der Waals surface area contributed by atoms with Gasteiger partial charge in [-0.25, -0.2) is 4.98 Å². The van der Waals surface area contributed by atoms with E-state index in [1.807, 2.05) is 56.3 Å². The summed E-state index contributed by atoms with van der Waals surface area (Å²) in [7, 11) is 0. The summed E-state index contributed by atoms with van der Waals surface area (Å²) in [6, 6.07) is 13.4. The highest BCUT2D eigenvalue weighted by Gasteiger charge is 2.36. The van der Waals surface area contributed by atoms with Gasteiger partial charge in [-0.1, -0.05) is 60.4 Å². The molecule has 6 nitrogen and oxygen atoms in total. The summed E-state index contributed by atoms with van der Waals surface area (Å²) in [6.45, 7) is 5.61. The molecule has 2 saturated heterocycles. The number of nitrogens with zero attached hydrogens (tertiary/aromatic N) is 4. The normalized spacial score (nSPS) is 18.7. The van der Waals surface area contributed by atoms with Gasteiger partial charge in [-0.15, -0.1) is 0 Å². The average Bonchev–Trinajstić information content (AvgIpc) is 3.44. The number of hydrogen-bond acceptors (Lipinski definition) is 6. The largest absolute Gasteiger partial charge is 0.356 e. The first-order valence-corrected chi connectivity index (χ1v) is 12.3. The van der Waals surface area contributed by atoms with Crippen molar-refractivity contribution in [3.05, 3.63) is 80.6 Å². The Balaban J connectivity index is 1.61. The molecule has 2 aromatic heterocycles. The minimum atomic E-state index is -0.193. The first-order chi connectivity index (χ1) is 16.0. The molecule has 0 N–H and O–H groups in total. The van der Waals surface area contributed by atoms with Gasteiger partial charge in [0, 0.05) is 19.3 Å². The maximum absolute atomic E-state index is 13.6. The van der Waals surface area contributed by atoms with Gasteiger partial charge in [-0.2, -0.15) is 0 Å². The van der Waals surface area contributed by atoms with Crippen molar-refractivity contribution in [3.8, 4) is 0 Å². The van der Waals surface area contributed by atoms with Crippen LogP contribution in [0.2, 0.25) is 0 Å². The van der Waals surface area contributed by atoms with Crippen molar-refractivity contribution >= 4 is 51.7 Å². The van der Waals surface area contributed by atoms with Gasteiger partial charge in [0.1, 0.15) is 15.8 Å². The van der Waals surface area contributed by atoms with E-state index in [1.54, 1.807) is 21.6 Å². The number of benzene rings is 1. The van der Waals surface area contributed by atoms with E-state index >= 15 is 0 Å². The van der Waals surface area contributed by atoms with Crippen LogP contribution in [-0.2, 0) is 4.79 Å². The molecule has 1 atom stereocenters. The highest BCUT2D eigenvalue weighted by atomic mass is 32.2. The number of hydrogen-bond donors (Lipinski definition) is 0. The second-order valence-electron chi connectivity index (χ2n) is 8.37. The van der Waals surface area contributed by atoms with Gasteiger partial charge in [0.15, 0.2) is 0 Å². The van der Waals surface area contributed by atoms with E-state index in [0.717, 1.165) is 37.1 Å². The number of amides is 1. The molecule has 2 fully saturated rings. The third-order valence-electron chi connectivity index (χ3n) is 6.24. The lowest BCUT2D eigenvalue weighted by Crippen LogP contribution is -2.31. The van der Waals surface area contributed by atoms with Crippen LogP contribution in [0.3, 0.4) is 0 Å². The van der Waals surface area contributed by atoms with Crippen LogP contribution in [0.1, 0.15) is 42.5 Å². The molecule has 0 spiro atoms. The maximum atomic E-state index is 13.6. The zero-order chi connectivity index (χ0) is 23.1. The Morgan fingerprint density at radius 3 is 2.55 bits per heavy atom. The molecule has 0 saturated carbocycles. The van der Waals surface area contributed by atoms with Crippen molar-refractivity contribution in [2.45, 2.75) is 32.7 Å². The smallest absolute Gasteiger partial charge is 0.267 e. The van der Waals surface area contributed by atoms with E-state index in [-0.39, 0.29) is 17.5 Å². The summed E-state index contributed by atoms with van der Waals surface area (Å²) in [5, 5.41) is 0. The first-order valence-electron chi connectivity index (χ1n) is 11.0. The zero-order valence-corrected chi connectivity index (χ0v) is 20.2. The predicted molar refractivity (Wildman–Crippen MR) is 138 cm³/mol. The standard InChI is InChI=1S/C25H24N4O2S2/c1-16-9-8-14-28-21(16)26-22(27-12-6-7-13-27)19(23(28)30)15-20-24(31)29(25(32)33-20)17(2)18-10-4-3-5-11-18/h3-5,8-11,14-15,17H,6-7,12-13H2,1-2H3/b20-15-/t17-/m1/s1. The number of carbonyl (C=O) groups excluding carboxylic acids is 1. The fourth-order valence-corrected chi connectivity index (χ4v) is 5.82. The number of fused-ring (bicyclic) bond motifs is 1. The van der Waals surface area contributed by atoms with Crippen molar-refractivity contribution in [3.63, 3.8) is 0 Å². The van der Waals surface area contributed by atoms with E-state index < -0.39 is 0 Å². The van der Waals surface area contributed by atoms with E-state index in [2.05, 4.69) is 4.90 Å². The Kier molecular flexibility index (Phi) is 5.80. The molecule has 168 valence electrons. The number of pyridine rings is 1. The summed E-state index contributed by atoms with van der Waals surface area (Å²) in [6.07, 6.45) is 5.54. The van der Waals surface area contributed by atoms with Gasteiger partial charge in [-0.05, 0) is 50.0 Å². The topological polar surface area (TPSA) is 57.9 Å². The zero-order valence-electron chi connectivity index (χ0n) is 18.5. The van der Waals surface area contributed by atoms with E-state index in [1.165, 1.54) is 11.8 Å². The predicted octanol–water partition coefficient (Wildman–Crippen LogP) is 4.57. The quantitative estimate of drug-likeness (QED) is 0.406. The van der Waals surface area contributed by atoms with Crippen LogP contribution in [0, 0.1) is 6.92 Å². The molecule has 0 radical (unpaired) electrons. The summed E-state index contributed by atoms with van der Waals surface area (Å²) in [5.41, 5.74) is 2.85. The van der Waals surface area contributed by atoms with Crippen LogP contribution in [0.5, 0.6) is 0 Å². The van der Waals surface area contributed by atoms with Gasteiger partial charge in [0.25, 0.3) is 11.5 Å². The monoisotopic (exact) mass is 476 g/mol. The summed E-state index contributed by atoms with van der Waals surface area (Å²) >= 11 is 6.81. The molecule has 4 heterocycles. The Hall–Kier alpha value is -2.97. The lowest BCUT2D eigenvalue weighted by atomic mass is 10.1. The van der Waals surface area contributed by atoms with Crippen LogP contribution in [-0.4, -0.2) is 37.6 Å². The van der Waals surface area contributed by atoms with Crippen LogP contribution in [0.4, 0.5) is 5.82 Å². The van der Waals surface area contributed by atoms with Gasteiger partial charge in [0.2, 0.25) is 0 Å². The fourth-order valence-electron chi connectivity index (χ4n) is 4.42. The van der Waals surface area contributed by atoms with Crippen LogP contribution < -0.4 is 10.5 Å². The lowest BCUT2D eigenvalue weighted by molar-refractivity contribution is -0.123. The van der Waals surface area contributed by atoms with Crippen LogP contribution in [0.25, 0.3) is 11.7 Å². The second kappa shape index (κ2) is 8.76. The fraction of sp³-hybridized carbons (Fsp3) is 0.280.